The Labute approximate surface area is 122 Å². The number of hydrogen-bond donors (Lipinski definition) is 3. The van der Waals surface area contributed by atoms with Crippen molar-refractivity contribution in [1.29, 1.82) is 0 Å². The van der Waals surface area contributed by atoms with Gasteiger partial charge in [0.1, 0.15) is 11.3 Å². The number of nitrogens with zero attached hydrogens (tertiary/aromatic N) is 2. The predicted molar refractivity (Wildman–Crippen MR) is 77.0 cm³/mol. The number of amides is 1. The van der Waals surface area contributed by atoms with Gasteiger partial charge in [0.15, 0.2) is 0 Å². The van der Waals surface area contributed by atoms with Gasteiger partial charge in [0, 0.05) is 12.4 Å². The van der Waals surface area contributed by atoms with E-state index in [-0.39, 0.29) is 5.91 Å². The monoisotopic (exact) mass is 289 g/mol. The van der Waals surface area contributed by atoms with Crippen LogP contribution in [-0.4, -0.2) is 43.8 Å². The lowest BCUT2D eigenvalue weighted by Crippen LogP contribution is -2.51. The molecule has 0 radical (unpaired) electrons. The molecule has 1 aliphatic carbocycles. The Balaban J connectivity index is 1.77. The van der Waals surface area contributed by atoms with Crippen LogP contribution in [-0.2, 0) is 0 Å². The molecular weight excluding hydrogens is 270 g/mol. The van der Waals surface area contributed by atoms with Crippen molar-refractivity contribution in [2.24, 2.45) is 0 Å². The zero-order valence-electron chi connectivity index (χ0n) is 11.9. The third-order valence-electron chi connectivity index (χ3n) is 3.97. The van der Waals surface area contributed by atoms with Gasteiger partial charge in [-0.1, -0.05) is 6.07 Å². The van der Waals surface area contributed by atoms with E-state index < -0.39 is 18.2 Å². The summed E-state index contributed by atoms with van der Waals surface area (Å²) in [6.45, 7) is 1.97. The molecule has 6 heteroatoms. The zero-order chi connectivity index (χ0) is 15.0. The number of pyridine rings is 1. The molecule has 1 fully saturated rings. The van der Waals surface area contributed by atoms with Crippen LogP contribution in [0.4, 0.5) is 0 Å². The van der Waals surface area contributed by atoms with Crippen molar-refractivity contribution in [3.63, 3.8) is 0 Å². The van der Waals surface area contributed by atoms with Crippen molar-refractivity contribution in [1.82, 2.24) is 14.7 Å². The fraction of sp³-hybridized carbons (Fsp3) is 0.467. The third kappa shape index (κ3) is 2.77. The first-order valence-electron chi connectivity index (χ1n) is 7.17. The van der Waals surface area contributed by atoms with Crippen LogP contribution in [0, 0.1) is 6.92 Å². The summed E-state index contributed by atoms with van der Waals surface area (Å²) in [5.74, 6) is -0.325. The number of aryl methyl sites for hydroxylation is 1. The topological polar surface area (TPSA) is 86.9 Å². The number of imidazole rings is 1. The molecule has 21 heavy (non-hydrogen) atoms. The minimum Gasteiger partial charge on any atom is -0.390 e. The molecule has 2 aromatic heterocycles. The zero-order valence-corrected chi connectivity index (χ0v) is 11.9. The van der Waals surface area contributed by atoms with E-state index in [1.807, 2.05) is 25.3 Å². The fourth-order valence-corrected chi connectivity index (χ4v) is 2.77. The van der Waals surface area contributed by atoms with Crippen molar-refractivity contribution < 1.29 is 15.0 Å². The van der Waals surface area contributed by atoms with Gasteiger partial charge in [-0.3, -0.25) is 4.79 Å². The Morgan fingerprint density at radius 2 is 2.14 bits per heavy atom. The van der Waals surface area contributed by atoms with E-state index in [1.54, 1.807) is 10.6 Å². The number of rotatable bonds is 2. The van der Waals surface area contributed by atoms with Crippen LogP contribution in [0.5, 0.6) is 0 Å². The van der Waals surface area contributed by atoms with Gasteiger partial charge in [0.25, 0.3) is 5.91 Å². The molecule has 3 atom stereocenters. The number of hydrogen-bond acceptors (Lipinski definition) is 4. The summed E-state index contributed by atoms with van der Waals surface area (Å²) in [6, 6.07) is 3.36. The van der Waals surface area contributed by atoms with Gasteiger partial charge >= 0.3 is 0 Å². The van der Waals surface area contributed by atoms with Crippen LogP contribution in [0.1, 0.15) is 35.3 Å². The van der Waals surface area contributed by atoms with Gasteiger partial charge in [-0.05, 0) is 37.8 Å². The summed E-state index contributed by atoms with van der Waals surface area (Å²) in [5, 5.41) is 22.3. The Hall–Kier alpha value is -1.92. The third-order valence-corrected chi connectivity index (χ3v) is 3.97. The van der Waals surface area contributed by atoms with Gasteiger partial charge in [0.05, 0.1) is 18.2 Å². The summed E-state index contributed by atoms with van der Waals surface area (Å²) in [7, 11) is 0. The van der Waals surface area contributed by atoms with Gasteiger partial charge < -0.3 is 19.9 Å². The van der Waals surface area contributed by atoms with Crippen LogP contribution in [0.15, 0.2) is 24.5 Å². The van der Waals surface area contributed by atoms with Gasteiger partial charge in [-0.25, -0.2) is 4.98 Å². The first kappa shape index (κ1) is 14.0. The number of aromatic nitrogens is 2. The van der Waals surface area contributed by atoms with Crippen LogP contribution < -0.4 is 5.32 Å². The van der Waals surface area contributed by atoms with Crippen molar-refractivity contribution in [2.45, 2.75) is 44.4 Å². The Morgan fingerprint density at radius 1 is 1.33 bits per heavy atom. The van der Waals surface area contributed by atoms with Crippen molar-refractivity contribution in [3.05, 3.63) is 35.8 Å². The molecule has 0 aliphatic heterocycles. The molecule has 0 spiro atoms. The standard InChI is InChI=1S/C15H19N3O3/c1-9-5-6-13-16-11(8-18(13)7-9)15(21)17-10-3-2-4-12(19)14(10)20/h5-8,10,12,14,19-20H,2-4H2,1H3,(H,17,21)/t10-,12-,14-/m1/s1. The van der Waals surface area contributed by atoms with Gasteiger partial charge in [-0.15, -0.1) is 0 Å². The lowest BCUT2D eigenvalue weighted by molar-refractivity contribution is -0.0278. The molecule has 6 nitrogen and oxygen atoms in total. The fourth-order valence-electron chi connectivity index (χ4n) is 2.77. The van der Waals surface area contributed by atoms with Crippen LogP contribution in [0.25, 0.3) is 5.65 Å². The molecule has 1 amide bonds. The molecule has 3 N–H and O–H groups in total. The molecule has 3 rings (SSSR count). The molecule has 0 saturated heterocycles. The second kappa shape index (κ2) is 5.46. The molecule has 0 unspecified atom stereocenters. The van der Waals surface area contributed by atoms with E-state index in [9.17, 15) is 15.0 Å². The van der Waals surface area contributed by atoms with E-state index in [4.69, 9.17) is 0 Å². The normalized spacial score (nSPS) is 26.0. The van der Waals surface area contributed by atoms with E-state index in [1.165, 1.54) is 0 Å². The number of aliphatic hydroxyl groups excluding tert-OH is 2. The van der Waals surface area contributed by atoms with E-state index in [2.05, 4.69) is 10.3 Å². The molecule has 2 heterocycles. The highest BCUT2D eigenvalue weighted by Crippen LogP contribution is 2.19. The van der Waals surface area contributed by atoms with Crippen LogP contribution >= 0.6 is 0 Å². The van der Waals surface area contributed by atoms with Crippen LogP contribution in [0.2, 0.25) is 0 Å². The smallest absolute Gasteiger partial charge is 0.271 e. The number of carbonyl (C=O) groups excluding carboxylic acids is 1. The molecule has 0 bridgehead atoms. The SMILES string of the molecule is Cc1ccc2nc(C(=O)N[C@@H]3CCC[C@@H](O)[C@@H]3O)cn2c1. The number of aliphatic hydroxyl groups is 2. The highest BCUT2D eigenvalue weighted by Gasteiger charge is 2.31. The highest BCUT2D eigenvalue weighted by molar-refractivity contribution is 5.93. The predicted octanol–water partition coefficient (Wildman–Crippen LogP) is 0.647. The lowest BCUT2D eigenvalue weighted by Gasteiger charge is -2.32. The molecule has 1 aliphatic rings. The second-order valence-electron chi connectivity index (χ2n) is 5.67. The maximum atomic E-state index is 12.2. The first-order chi connectivity index (χ1) is 10.0. The average Bonchev–Trinajstić information content (AvgIpc) is 2.87. The minimum absolute atomic E-state index is 0.313. The maximum absolute atomic E-state index is 12.2. The molecule has 0 aromatic carbocycles. The van der Waals surface area contributed by atoms with E-state index >= 15 is 0 Å². The summed E-state index contributed by atoms with van der Waals surface area (Å²) >= 11 is 0. The largest absolute Gasteiger partial charge is 0.390 e. The number of nitrogens with one attached hydrogen (secondary N) is 1. The summed E-state index contributed by atoms with van der Waals surface area (Å²) < 4.78 is 1.80. The maximum Gasteiger partial charge on any atom is 0.271 e. The molecule has 2 aromatic rings. The Bertz CT molecular complexity index is 667. The molecule has 1 saturated carbocycles. The van der Waals surface area contributed by atoms with E-state index in [0.29, 0.717) is 24.2 Å². The Kier molecular flexibility index (Phi) is 3.65. The minimum atomic E-state index is -0.915. The summed E-state index contributed by atoms with van der Waals surface area (Å²) in [6.07, 6.45) is 3.90. The van der Waals surface area contributed by atoms with Crippen molar-refractivity contribution in [3.8, 4) is 0 Å². The second-order valence-corrected chi connectivity index (χ2v) is 5.67. The molecule has 112 valence electrons. The average molecular weight is 289 g/mol. The highest BCUT2D eigenvalue weighted by atomic mass is 16.3. The lowest BCUT2D eigenvalue weighted by atomic mass is 9.90. The quantitative estimate of drug-likeness (QED) is 0.757. The van der Waals surface area contributed by atoms with Crippen molar-refractivity contribution in [2.75, 3.05) is 0 Å². The first-order valence-corrected chi connectivity index (χ1v) is 7.17. The number of fused-ring (bicyclic) bond motifs is 1. The molecular formula is C15H19N3O3. The Morgan fingerprint density at radius 3 is 2.95 bits per heavy atom. The van der Waals surface area contributed by atoms with Gasteiger partial charge in [-0.2, -0.15) is 0 Å². The van der Waals surface area contributed by atoms with Gasteiger partial charge in [0.2, 0.25) is 0 Å². The summed E-state index contributed by atoms with van der Waals surface area (Å²) in [4.78, 5) is 16.5. The number of carbonyl (C=O) groups is 1. The van der Waals surface area contributed by atoms with Crippen molar-refractivity contribution >= 4 is 11.6 Å². The van der Waals surface area contributed by atoms with E-state index in [0.717, 1.165) is 12.0 Å². The van der Waals surface area contributed by atoms with Crippen LogP contribution in [0.3, 0.4) is 0 Å². The summed E-state index contributed by atoms with van der Waals surface area (Å²) in [5.41, 5.74) is 2.10.